The third-order valence-corrected chi connectivity index (χ3v) is 5.81. The summed E-state index contributed by atoms with van der Waals surface area (Å²) in [5, 5.41) is 4.15. The SMILES string of the molecule is CC(C)(C)OC(=O)N1C[C@@H]2C(C(=O)NC(C)(C)c3cccc4ncncc34)[C@@H]2C1. The maximum Gasteiger partial charge on any atom is 0.410 e. The monoisotopic (exact) mass is 396 g/mol. The zero-order valence-corrected chi connectivity index (χ0v) is 17.6. The lowest BCUT2D eigenvalue weighted by atomic mass is 9.91. The number of nitrogens with zero attached hydrogens (tertiary/aromatic N) is 3. The second kappa shape index (κ2) is 6.68. The zero-order valence-electron chi connectivity index (χ0n) is 17.6. The van der Waals surface area contributed by atoms with E-state index in [1.54, 1.807) is 11.1 Å². The van der Waals surface area contributed by atoms with Crippen LogP contribution in [0.2, 0.25) is 0 Å². The van der Waals surface area contributed by atoms with Crippen LogP contribution >= 0.6 is 0 Å². The Hall–Kier alpha value is -2.70. The Morgan fingerprint density at radius 2 is 1.83 bits per heavy atom. The molecule has 0 bridgehead atoms. The fourth-order valence-electron chi connectivity index (χ4n) is 4.40. The van der Waals surface area contributed by atoms with Gasteiger partial charge in [-0.1, -0.05) is 12.1 Å². The second-order valence-corrected chi connectivity index (χ2v) is 9.61. The minimum atomic E-state index is -0.553. The van der Waals surface area contributed by atoms with Crippen molar-refractivity contribution in [2.45, 2.75) is 45.8 Å². The van der Waals surface area contributed by atoms with Gasteiger partial charge in [0.2, 0.25) is 5.91 Å². The van der Waals surface area contributed by atoms with E-state index < -0.39 is 11.1 Å². The first-order chi connectivity index (χ1) is 13.6. The number of rotatable bonds is 3. The van der Waals surface area contributed by atoms with E-state index >= 15 is 0 Å². The van der Waals surface area contributed by atoms with Crippen LogP contribution in [0.1, 0.15) is 40.2 Å². The number of aromatic nitrogens is 2. The first-order valence-corrected chi connectivity index (χ1v) is 10.1. The number of hydrogen-bond acceptors (Lipinski definition) is 5. The molecule has 2 heterocycles. The number of fused-ring (bicyclic) bond motifs is 2. The van der Waals surface area contributed by atoms with Crippen molar-refractivity contribution in [2.75, 3.05) is 13.1 Å². The minimum absolute atomic E-state index is 0.0424. The summed E-state index contributed by atoms with van der Waals surface area (Å²) >= 11 is 0. The molecule has 1 aliphatic heterocycles. The number of benzene rings is 1. The molecule has 1 aromatic carbocycles. The molecule has 0 radical (unpaired) electrons. The van der Waals surface area contributed by atoms with Gasteiger partial charge in [-0.15, -0.1) is 0 Å². The summed E-state index contributed by atoms with van der Waals surface area (Å²) in [4.78, 5) is 35.4. The molecule has 1 unspecified atom stereocenters. The normalized spacial score (nSPS) is 23.6. The van der Waals surface area contributed by atoms with Crippen molar-refractivity contribution in [1.82, 2.24) is 20.2 Å². The van der Waals surface area contributed by atoms with E-state index in [0.717, 1.165) is 16.5 Å². The van der Waals surface area contributed by atoms with Gasteiger partial charge >= 0.3 is 6.09 Å². The molecule has 4 rings (SSSR count). The van der Waals surface area contributed by atoms with Crippen LogP contribution in [0.15, 0.2) is 30.7 Å². The lowest BCUT2D eigenvalue weighted by molar-refractivity contribution is -0.125. The molecule has 2 fully saturated rings. The standard InChI is InChI=1S/C22H28N4O3/c1-21(2,3)29-20(28)26-10-14-15(11-26)18(14)19(27)25-22(4,5)16-7-6-8-17-13(16)9-23-12-24-17/h6-9,12,14-15,18H,10-11H2,1-5H3,(H,25,27)/t14-,15+,18?. The summed E-state index contributed by atoms with van der Waals surface area (Å²) in [6.45, 7) is 10.7. The van der Waals surface area contributed by atoms with Crippen LogP contribution in [-0.2, 0) is 15.1 Å². The van der Waals surface area contributed by atoms with E-state index in [4.69, 9.17) is 4.74 Å². The van der Waals surface area contributed by atoms with Crippen LogP contribution in [0.3, 0.4) is 0 Å². The second-order valence-electron chi connectivity index (χ2n) is 9.61. The molecule has 0 spiro atoms. The Labute approximate surface area is 170 Å². The van der Waals surface area contributed by atoms with E-state index in [-0.39, 0.29) is 29.8 Å². The van der Waals surface area contributed by atoms with Gasteiger partial charge in [0.25, 0.3) is 0 Å². The number of nitrogens with one attached hydrogen (secondary N) is 1. The maximum atomic E-state index is 13.0. The van der Waals surface area contributed by atoms with Crippen molar-refractivity contribution in [1.29, 1.82) is 0 Å². The molecular weight excluding hydrogens is 368 g/mol. The number of carbonyl (C=O) groups excluding carboxylic acids is 2. The Kier molecular flexibility index (Phi) is 4.52. The summed E-state index contributed by atoms with van der Waals surface area (Å²) in [6.07, 6.45) is 3.02. The Bertz CT molecular complexity index is 949. The highest BCUT2D eigenvalue weighted by Crippen LogP contribution is 2.52. The smallest absolute Gasteiger partial charge is 0.410 e. The summed E-state index contributed by atoms with van der Waals surface area (Å²) in [5.74, 6) is 0.435. The molecule has 2 aliphatic rings. The number of amides is 2. The lowest BCUT2D eigenvalue weighted by Crippen LogP contribution is -2.44. The molecule has 1 saturated heterocycles. The third kappa shape index (κ3) is 3.78. The third-order valence-electron chi connectivity index (χ3n) is 5.81. The fraction of sp³-hybridized carbons (Fsp3) is 0.545. The topological polar surface area (TPSA) is 84.4 Å². The van der Waals surface area contributed by atoms with Gasteiger partial charge in [-0.3, -0.25) is 4.79 Å². The first kappa shape index (κ1) is 19.6. The minimum Gasteiger partial charge on any atom is -0.444 e. The predicted molar refractivity (Wildman–Crippen MR) is 109 cm³/mol. The highest BCUT2D eigenvalue weighted by Gasteiger charge is 2.61. The van der Waals surface area contributed by atoms with Gasteiger partial charge in [0.1, 0.15) is 11.9 Å². The van der Waals surface area contributed by atoms with E-state index in [0.29, 0.717) is 13.1 Å². The molecule has 7 nitrogen and oxygen atoms in total. The molecule has 2 aromatic rings. The average Bonchev–Trinajstić information content (AvgIpc) is 3.13. The van der Waals surface area contributed by atoms with E-state index in [1.807, 2.05) is 52.8 Å². The van der Waals surface area contributed by atoms with Crippen LogP contribution in [-0.4, -0.2) is 45.6 Å². The summed E-state index contributed by atoms with van der Waals surface area (Å²) in [7, 11) is 0. The van der Waals surface area contributed by atoms with Gasteiger partial charge in [0, 0.05) is 30.6 Å². The highest BCUT2D eigenvalue weighted by atomic mass is 16.6. The quantitative estimate of drug-likeness (QED) is 0.862. The van der Waals surface area contributed by atoms with Crippen molar-refractivity contribution in [2.24, 2.45) is 17.8 Å². The van der Waals surface area contributed by atoms with E-state index in [1.165, 1.54) is 6.33 Å². The van der Waals surface area contributed by atoms with E-state index in [2.05, 4.69) is 15.3 Å². The van der Waals surface area contributed by atoms with Crippen LogP contribution in [0.4, 0.5) is 4.79 Å². The molecule has 29 heavy (non-hydrogen) atoms. The number of carbonyl (C=O) groups is 2. The van der Waals surface area contributed by atoms with Gasteiger partial charge in [-0.25, -0.2) is 14.8 Å². The molecule has 7 heteroatoms. The molecule has 1 aromatic heterocycles. The number of hydrogen-bond donors (Lipinski definition) is 1. The summed E-state index contributed by atoms with van der Waals surface area (Å²) in [6, 6.07) is 5.89. The van der Waals surface area contributed by atoms with Crippen LogP contribution in [0.25, 0.3) is 10.9 Å². The first-order valence-electron chi connectivity index (χ1n) is 10.1. The summed E-state index contributed by atoms with van der Waals surface area (Å²) < 4.78 is 5.44. The Morgan fingerprint density at radius 3 is 2.48 bits per heavy atom. The van der Waals surface area contributed by atoms with Gasteiger partial charge < -0.3 is 15.0 Å². The highest BCUT2D eigenvalue weighted by molar-refractivity contribution is 5.86. The number of piperidine rings is 1. The summed E-state index contributed by atoms with van der Waals surface area (Å²) in [5.41, 5.74) is 0.789. The van der Waals surface area contributed by atoms with Crippen molar-refractivity contribution in [3.8, 4) is 0 Å². The molecule has 154 valence electrons. The van der Waals surface area contributed by atoms with Gasteiger partial charge in [0.15, 0.2) is 0 Å². The van der Waals surface area contributed by atoms with Crippen molar-refractivity contribution in [3.05, 3.63) is 36.3 Å². The lowest BCUT2D eigenvalue weighted by Gasteiger charge is -2.29. The van der Waals surface area contributed by atoms with Crippen LogP contribution in [0, 0.1) is 17.8 Å². The average molecular weight is 396 g/mol. The molecule has 1 saturated carbocycles. The van der Waals surface area contributed by atoms with E-state index in [9.17, 15) is 9.59 Å². The molecule has 1 N–H and O–H groups in total. The predicted octanol–water partition coefficient (Wildman–Crippen LogP) is 3.09. The van der Waals surface area contributed by atoms with Crippen LogP contribution < -0.4 is 5.32 Å². The van der Waals surface area contributed by atoms with Crippen molar-refractivity contribution < 1.29 is 14.3 Å². The molecular formula is C22H28N4O3. The van der Waals surface area contributed by atoms with Crippen molar-refractivity contribution >= 4 is 22.9 Å². The zero-order chi connectivity index (χ0) is 21.0. The fourth-order valence-corrected chi connectivity index (χ4v) is 4.40. The van der Waals surface area contributed by atoms with Gasteiger partial charge in [0.05, 0.1) is 11.1 Å². The van der Waals surface area contributed by atoms with Crippen LogP contribution in [0.5, 0.6) is 0 Å². The van der Waals surface area contributed by atoms with Crippen molar-refractivity contribution in [3.63, 3.8) is 0 Å². The Balaban J connectivity index is 1.41. The van der Waals surface area contributed by atoms with Gasteiger partial charge in [-0.05, 0) is 58.1 Å². The molecule has 2 amide bonds. The maximum absolute atomic E-state index is 13.0. The number of likely N-dealkylation sites (tertiary alicyclic amines) is 1. The molecule has 1 aliphatic carbocycles. The Morgan fingerprint density at radius 1 is 1.14 bits per heavy atom. The number of ether oxygens (including phenoxy) is 1. The van der Waals surface area contributed by atoms with Gasteiger partial charge in [-0.2, -0.15) is 0 Å². The largest absolute Gasteiger partial charge is 0.444 e. The molecule has 3 atom stereocenters.